The van der Waals surface area contributed by atoms with Gasteiger partial charge in [-0.15, -0.1) is 0 Å². The van der Waals surface area contributed by atoms with Gasteiger partial charge in [-0.1, -0.05) is 6.92 Å². The number of benzene rings is 1. The van der Waals surface area contributed by atoms with Gasteiger partial charge < -0.3 is 20.4 Å². The van der Waals surface area contributed by atoms with E-state index in [4.69, 9.17) is 5.73 Å². The SMILES string of the molecule is CCCN(CC)c1ccc(C(=O)N2CCCN(C(N)=O)CC2)cc1. The molecule has 0 saturated carbocycles. The minimum absolute atomic E-state index is 0.0198. The van der Waals surface area contributed by atoms with Crippen LogP contribution in [-0.4, -0.2) is 61.0 Å². The number of nitrogens with two attached hydrogens (primary N) is 1. The molecule has 0 bridgehead atoms. The minimum atomic E-state index is -0.413. The third-order valence-electron chi connectivity index (χ3n) is 4.45. The fourth-order valence-electron chi connectivity index (χ4n) is 3.08. The van der Waals surface area contributed by atoms with E-state index in [0.29, 0.717) is 31.7 Å². The molecule has 0 aliphatic carbocycles. The number of rotatable bonds is 5. The second-order valence-corrected chi connectivity index (χ2v) is 6.10. The van der Waals surface area contributed by atoms with Crippen molar-refractivity contribution in [3.8, 4) is 0 Å². The van der Waals surface area contributed by atoms with E-state index in [1.165, 1.54) is 0 Å². The smallest absolute Gasteiger partial charge is 0.314 e. The van der Waals surface area contributed by atoms with Gasteiger partial charge >= 0.3 is 6.03 Å². The summed E-state index contributed by atoms with van der Waals surface area (Å²) in [4.78, 5) is 29.7. The molecule has 6 heteroatoms. The first-order valence-corrected chi connectivity index (χ1v) is 8.75. The van der Waals surface area contributed by atoms with Crippen LogP contribution in [0.1, 0.15) is 37.0 Å². The minimum Gasteiger partial charge on any atom is -0.372 e. The lowest BCUT2D eigenvalue weighted by molar-refractivity contribution is 0.0762. The van der Waals surface area contributed by atoms with Crippen molar-refractivity contribution >= 4 is 17.6 Å². The summed E-state index contributed by atoms with van der Waals surface area (Å²) in [7, 11) is 0. The molecule has 6 nitrogen and oxygen atoms in total. The summed E-state index contributed by atoms with van der Waals surface area (Å²) in [5, 5.41) is 0. The monoisotopic (exact) mass is 332 g/mol. The molecule has 1 heterocycles. The predicted octanol–water partition coefficient (Wildman–Crippen LogP) is 2.15. The fraction of sp³-hybridized carbons (Fsp3) is 0.556. The second-order valence-electron chi connectivity index (χ2n) is 6.10. The molecule has 1 aromatic carbocycles. The van der Waals surface area contributed by atoms with Crippen molar-refractivity contribution in [2.75, 3.05) is 44.2 Å². The van der Waals surface area contributed by atoms with Crippen molar-refractivity contribution in [1.82, 2.24) is 9.80 Å². The van der Waals surface area contributed by atoms with E-state index in [2.05, 4.69) is 18.7 Å². The number of nitrogens with zero attached hydrogens (tertiary/aromatic N) is 3. The van der Waals surface area contributed by atoms with Crippen molar-refractivity contribution in [2.45, 2.75) is 26.7 Å². The second kappa shape index (κ2) is 8.57. The Kier molecular flexibility index (Phi) is 6.46. The Balaban J connectivity index is 2.03. The molecule has 0 aromatic heterocycles. The molecule has 1 fully saturated rings. The highest BCUT2D eigenvalue weighted by Gasteiger charge is 2.21. The zero-order valence-electron chi connectivity index (χ0n) is 14.7. The van der Waals surface area contributed by atoms with Crippen LogP contribution in [0.15, 0.2) is 24.3 Å². The van der Waals surface area contributed by atoms with Crippen LogP contribution in [-0.2, 0) is 0 Å². The van der Waals surface area contributed by atoms with Crippen LogP contribution >= 0.6 is 0 Å². The van der Waals surface area contributed by atoms with E-state index in [9.17, 15) is 9.59 Å². The predicted molar refractivity (Wildman–Crippen MR) is 96.3 cm³/mol. The Morgan fingerprint density at radius 3 is 2.25 bits per heavy atom. The maximum Gasteiger partial charge on any atom is 0.314 e. The molecular formula is C18H28N4O2. The van der Waals surface area contributed by atoms with Crippen molar-refractivity contribution < 1.29 is 9.59 Å². The summed E-state index contributed by atoms with van der Waals surface area (Å²) >= 11 is 0. The number of primary amides is 1. The van der Waals surface area contributed by atoms with Crippen LogP contribution in [0.5, 0.6) is 0 Å². The molecule has 2 N–H and O–H groups in total. The lowest BCUT2D eigenvalue weighted by Gasteiger charge is -2.24. The molecule has 132 valence electrons. The Bertz CT molecular complexity index is 559. The molecule has 0 atom stereocenters. The average Bonchev–Trinajstić information content (AvgIpc) is 2.85. The summed E-state index contributed by atoms with van der Waals surface area (Å²) in [5.41, 5.74) is 7.17. The number of anilines is 1. The maximum absolute atomic E-state index is 12.7. The van der Waals surface area contributed by atoms with Crippen LogP contribution in [0.25, 0.3) is 0 Å². The third kappa shape index (κ3) is 4.40. The molecule has 1 aromatic rings. The third-order valence-corrected chi connectivity index (χ3v) is 4.45. The van der Waals surface area contributed by atoms with Crippen LogP contribution < -0.4 is 10.6 Å². The number of hydrogen-bond donors (Lipinski definition) is 1. The number of carbonyl (C=O) groups is 2. The largest absolute Gasteiger partial charge is 0.372 e. The molecule has 3 amide bonds. The summed E-state index contributed by atoms with van der Waals surface area (Å²) in [6.45, 7) is 8.56. The Morgan fingerprint density at radius 2 is 1.67 bits per heavy atom. The standard InChI is InChI=1S/C18H28N4O2/c1-3-10-20(4-2)16-8-6-15(7-9-16)17(23)21-11-5-12-22(14-13-21)18(19)24/h6-9H,3-5,10-14H2,1-2H3,(H2,19,24). The van der Waals surface area contributed by atoms with Gasteiger partial charge in [0, 0.05) is 50.5 Å². The van der Waals surface area contributed by atoms with Gasteiger partial charge in [0.05, 0.1) is 0 Å². The van der Waals surface area contributed by atoms with Crippen molar-refractivity contribution in [2.24, 2.45) is 5.73 Å². The Labute approximate surface area is 144 Å². The molecule has 2 rings (SSSR count). The summed E-state index contributed by atoms with van der Waals surface area (Å²) in [6.07, 6.45) is 1.85. The fourth-order valence-corrected chi connectivity index (χ4v) is 3.08. The zero-order valence-corrected chi connectivity index (χ0v) is 14.7. The van der Waals surface area contributed by atoms with Gasteiger partial charge in [-0.3, -0.25) is 4.79 Å². The highest BCUT2D eigenvalue weighted by molar-refractivity contribution is 5.94. The van der Waals surface area contributed by atoms with E-state index in [1.54, 1.807) is 4.90 Å². The highest BCUT2D eigenvalue weighted by atomic mass is 16.2. The molecule has 0 spiro atoms. The van der Waals surface area contributed by atoms with Crippen molar-refractivity contribution in [1.29, 1.82) is 0 Å². The molecular weight excluding hydrogens is 304 g/mol. The van der Waals surface area contributed by atoms with Crippen molar-refractivity contribution in [3.63, 3.8) is 0 Å². The van der Waals surface area contributed by atoms with Crippen LogP contribution in [0.4, 0.5) is 10.5 Å². The van der Waals surface area contributed by atoms with Crippen molar-refractivity contribution in [3.05, 3.63) is 29.8 Å². The average molecular weight is 332 g/mol. The summed E-state index contributed by atoms with van der Waals surface area (Å²) in [5.74, 6) is 0.0198. The van der Waals surface area contributed by atoms with Gasteiger partial charge in [0.2, 0.25) is 0 Å². The summed E-state index contributed by atoms with van der Waals surface area (Å²) in [6, 6.07) is 7.41. The quantitative estimate of drug-likeness (QED) is 0.898. The van der Waals surface area contributed by atoms with Crippen LogP contribution in [0.3, 0.4) is 0 Å². The van der Waals surface area contributed by atoms with Gasteiger partial charge in [0.1, 0.15) is 0 Å². The van der Waals surface area contributed by atoms with Gasteiger partial charge in [-0.2, -0.15) is 0 Å². The van der Waals surface area contributed by atoms with Crippen LogP contribution in [0, 0.1) is 0 Å². The number of hydrogen-bond acceptors (Lipinski definition) is 3. The lowest BCUT2D eigenvalue weighted by atomic mass is 10.1. The lowest BCUT2D eigenvalue weighted by Crippen LogP contribution is -2.39. The molecule has 1 saturated heterocycles. The molecule has 0 unspecified atom stereocenters. The first-order chi connectivity index (χ1) is 11.6. The van der Waals surface area contributed by atoms with Gasteiger partial charge in [0.25, 0.3) is 5.91 Å². The molecule has 1 aliphatic rings. The highest BCUT2D eigenvalue weighted by Crippen LogP contribution is 2.17. The van der Waals surface area contributed by atoms with Crippen LogP contribution in [0.2, 0.25) is 0 Å². The van der Waals surface area contributed by atoms with E-state index >= 15 is 0 Å². The van der Waals surface area contributed by atoms with E-state index in [0.717, 1.165) is 31.6 Å². The Hall–Kier alpha value is -2.24. The molecule has 0 radical (unpaired) electrons. The Morgan fingerprint density at radius 1 is 1.04 bits per heavy atom. The number of carbonyl (C=O) groups excluding carboxylic acids is 2. The first kappa shape index (κ1) is 18.1. The maximum atomic E-state index is 12.7. The van der Waals surface area contributed by atoms with Gasteiger partial charge in [0.15, 0.2) is 0 Å². The van der Waals surface area contributed by atoms with E-state index in [1.807, 2.05) is 29.2 Å². The number of amides is 3. The van der Waals surface area contributed by atoms with Gasteiger partial charge in [-0.05, 0) is 44.0 Å². The van der Waals surface area contributed by atoms with E-state index in [-0.39, 0.29) is 5.91 Å². The van der Waals surface area contributed by atoms with E-state index < -0.39 is 6.03 Å². The summed E-state index contributed by atoms with van der Waals surface area (Å²) < 4.78 is 0. The zero-order chi connectivity index (χ0) is 17.5. The normalized spacial score (nSPS) is 15.1. The van der Waals surface area contributed by atoms with Gasteiger partial charge in [-0.25, -0.2) is 4.79 Å². The molecule has 24 heavy (non-hydrogen) atoms. The number of urea groups is 1. The topological polar surface area (TPSA) is 69.9 Å². The first-order valence-electron chi connectivity index (χ1n) is 8.75. The molecule has 1 aliphatic heterocycles.